The first-order chi connectivity index (χ1) is 9.10. The predicted octanol–water partition coefficient (Wildman–Crippen LogP) is 1.63. The van der Waals surface area contributed by atoms with Crippen LogP contribution in [0.1, 0.15) is 23.2 Å². The summed E-state index contributed by atoms with van der Waals surface area (Å²) in [4.78, 5) is 24.6. The van der Waals surface area contributed by atoms with E-state index in [4.69, 9.17) is 9.84 Å². The molecule has 0 aromatic heterocycles. The molecule has 1 aromatic carbocycles. The van der Waals surface area contributed by atoms with Crippen molar-refractivity contribution in [2.75, 3.05) is 20.2 Å². The fourth-order valence-corrected chi connectivity index (χ4v) is 2.37. The van der Waals surface area contributed by atoms with Gasteiger partial charge in [0.1, 0.15) is 5.75 Å². The molecule has 1 aromatic rings. The first kappa shape index (κ1) is 13.4. The zero-order valence-electron chi connectivity index (χ0n) is 10.8. The first-order valence-electron chi connectivity index (χ1n) is 6.25. The lowest BCUT2D eigenvalue weighted by Gasteiger charge is -2.16. The number of hydrogen-bond acceptors (Lipinski definition) is 3. The molecule has 1 N–H and O–H groups in total. The van der Waals surface area contributed by atoms with Crippen molar-refractivity contribution in [3.8, 4) is 5.75 Å². The maximum absolute atomic E-state index is 12.3. The van der Waals surface area contributed by atoms with Crippen molar-refractivity contribution in [3.05, 3.63) is 29.8 Å². The average molecular weight is 263 g/mol. The molecule has 5 nitrogen and oxygen atoms in total. The van der Waals surface area contributed by atoms with Crippen LogP contribution < -0.4 is 4.74 Å². The van der Waals surface area contributed by atoms with Gasteiger partial charge in [-0.25, -0.2) is 0 Å². The molecule has 102 valence electrons. The van der Waals surface area contributed by atoms with Gasteiger partial charge in [0.15, 0.2) is 0 Å². The number of aliphatic carboxylic acids is 1. The van der Waals surface area contributed by atoms with Crippen molar-refractivity contribution >= 4 is 11.9 Å². The molecule has 19 heavy (non-hydrogen) atoms. The van der Waals surface area contributed by atoms with Crippen LogP contribution in [-0.2, 0) is 4.79 Å². The Morgan fingerprint density at radius 3 is 2.95 bits per heavy atom. The average Bonchev–Trinajstić information content (AvgIpc) is 2.85. The summed E-state index contributed by atoms with van der Waals surface area (Å²) in [6, 6.07) is 7.01. The number of likely N-dealkylation sites (tertiary alicyclic amines) is 1. The van der Waals surface area contributed by atoms with Crippen molar-refractivity contribution in [1.29, 1.82) is 0 Å². The van der Waals surface area contributed by atoms with Gasteiger partial charge in [-0.1, -0.05) is 6.07 Å². The normalized spacial score (nSPS) is 18.4. The maximum Gasteiger partial charge on any atom is 0.303 e. The summed E-state index contributed by atoms with van der Waals surface area (Å²) in [5, 5.41) is 8.76. The van der Waals surface area contributed by atoms with Crippen LogP contribution in [0.3, 0.4) is 0 Å². The number of benzene rings is 1. The fourth-order valence-electron chi connectivity index (χ4n) is 2.37. The van der Waals surface area contributed by atoms with Gasteiger partial charge in [-0.15, -0.1) is 0 Å². The maximum atomic E-state index is 12.3. The van der Waals surface area contributed by atoms with Crippen molar-refractivity contribution in [2.45, 2.75) is 12.8 Å². The summed E-state index contributed by atoms with van der Waals surface area (Å²) in [6.07, 6.45) is 0.879. The highest BCUT2D eigenvalue weighted by molar-refractivity contribution is 5.94. The van der Waals surface area contributed by atoms with Gasteiger partial charge in [-0.3, -0.25) is 9.59 Å². The molecule has 1 saturated heterocycles. The van der Waals surface area contributed by atoms with Crippen molar-refractivity contribution in [2.24, 2.45) is 5.92 Å². The number of hydrogen-bond donors (Lipinski definition) is 1. The lowest BCUT2D eigenvalue weighted by Crippen LogP contribution is -2.29. The minimum absolute atomic E-state index is 0.0621. The van der Waals surface area contributed by atoms with Crippen LogP contribution in [0.25, 0.3) is 0 Å². The third-order valence-corrected chi connectivity index (χ3v) is 3.35. The number of amides is 1. The Morgan fingerprint density at radius 2 is 2.26 bits per heavy atom. The molecule has 0 spiro atoms. The van der Waals surface area contributed by atoms with Crippen molar-refractivity contribution in [1.82, 2.24) is 4.90 Å². The second-order valence-corrected chi connectivity index (χ2v) is 4.74. The Kier molecular flexibility index (Phi) is 4.04. The second-order valence-electron chi connectivity index (χ2n) is 4.74. The fraction of sp³-hybridized carbons (Fsp3) is 0.429. The predicted molar refractivity (Wildman–Crippen MR) is 69.3 cm³/mol. The molecule has 1 amide bonds. The molecule has 1 aliphatic heterocycles. The zero-order chi connectivity index (χ0) is 13.8. The third-order valence-electron chi connectivity index (χ3n) is 3.35. The van der Waals surface area contributed by atoms with E-state index in [9.17, 15) is 9.59 Å². The lowest BCUT2D eigenvalue weighted by molar-refractivity contribution is -0.138. The molecule has 1 unspecified atom stereocenters. The molecule has 0 bridgehead atoms. The quantitative estimate of drug-likeness (QED) is 0.896. The van der Waals surface area contributed by atoms with Gasteiger partial charge in [0.25, 0.3) is 5.91 Å². The molecule has 5 heteroatoms. The minimum Gasteiger partial charge on any atom is -0.497 e. The largest absolute Gasteiger partial charge is 0.497 e. The SMILES string of the molecule is COc1cccc(C(=O)N2CCC(CC(=O)O)C2)c1. The summed E-state index contributed by atoms with van der Waals surface area (Å²) in [5.74, 6) is -0.161. The molecule has 0 radical (unpaired) electrons. The van der Waals surface area contributed by atoms with E-state index < -0.39 is 5.97 Å². The van der Waals surface area contributed by atoms with E-state index in [1.165, 1.54) is 0 Å². The Morgan fingerprint density at radius 1 is 1.47 bits per heavy atom. The van der Waals surface area contributed by atoms with Crippen LogP contribution in [-0.4, -0.2) is 42.1 Å². The Labute approximate surface area is 111 Å². The molecular weight excluding hydrogens is 246 g/mol. The number of nitrogens with zero attached hydrogens (tertiary/aromatic N) is 1. The minimum atomic E-state index is -0.805. The highest BCUT2D eigenvalue weighted by Gasteiger charge is 2.28. The van der Waals surface area contributed by atoms with Gasteiger partial charge >= 0.3 is 5.97 Å². The van der Waals surface area contributed by atoms with Gasteiger partial charge in [-0.2, -0.15) is 0 Å². The molecule has 1 atom stereocenters. The van der Waals surface area contributed by atoms with E-state index in [1.807, 2.05) is 0 Å². The Hall–Kier alpha value is -2.04. The first-order valence-corrected chi connectivity index (χ1v) is 6.25. The summed E-state index contributed by atoms with van der Waals surface area (Å²) in [6.45, 7) is 1.14. The van der Waals surface area contributed by atoms with Gasteiger partial charge in [0.2, 0.25) is 0 Å². The molecule has 1 aliphatic rings. The molecule has 2 rings (SSSR count). The van der Waals surface area contributed by atoms with E-state index in [0.29, 0.717) is 24.4 Å². The van der Waals surface area contributed by atoms with Gasteiger partial charge in [0.05, 0.1) is 7.11 Å². The van der Waals surface area contributed by atoms with Gasteiger partial charge < -0.3 is 14.7 Å². The molecule has 0 saturated carbocycles. The van der Waals surface area contributed by atoms with Crippen LogP contribution in [0.5, 0.6) is 5.75 Å². The highest BCUT2D eigenvalue weighted by atomic mass is 16.5. The van der Waals surface area contributed by atoms with Crippen LogP contribution in [0, 0.1) is 5.92 Å². The smallest absolute Gasteiger partial charge is 0.303 e. The number of ether oxygens (including phenoxy) is 1. The summed E-state index contributed by atoms with van der Waals surface area (Å²) < 4.78 is 5.09. The standard InChI is InChI=1S/C14H17NO4/c1-19-12-4-2-3-11(8-12)14(18)15-6-5-10(9-15)7-13(16)17/h2-4,8,10H,5-7,9H2,1H3,(H,16,17). The topological polar surface area (TPSA) is 66.8 Å². The summed E-state index contributed by atoms with van der Waals surface area (Å²) in [5.41, 5.74) is 0.579. The molecule has 0 aliphatic carbocycles. The van der Waals surface area contributed by atoms with E-state index >= 15 is 0 Å². The van der Waals surface area contributed by atoms with Gasteiger partial charge in [0, 0.05) is 25.1 Å². The highest BCUT2D eigenvalue weighted by Crippen LogP contribution is 2.22. The third kappa shape index (κ3) is 3.24. The summed E-state index contributed by atoms with van der Waals surface area (Å²) >= 11 is 0. The van der Waals surface area contributed by atoms with Crippen molar-refractivity contribution < 1.29 is 19.4 Å². The monoisotopic (exact) mass is 263 g/mol. The summed E-state index contributed by atoms with van der Waals surface area (Å²) in [7, 11) is 1.56. The zero-order valence-corrected chi connectivity index (χ0v) is 10.8. The number of methoxy groups -OCH3 is 1. The van der Waals surface area contributed by atoms with E-state index in [-0.39, 0.29) is 18.2 Å². The molecule has 1 heterocycles. The van der Waals surface area contributed by atoms with Gasteiger partial charge in [-0.05, 0) is 30.5 Å². The number of carbonyl (C=O) groups excluding carboxylic acids is 1. The second kappa shape index (κ2) is 5.73. The molecule has 1 fully saturated rings. The van der Waals surface area contributed by atoms with E-state index in [2.05, 4.69) is 0 Å². The van der Waals surface area contributed by atoms with Crippen LogP contribution in [0.15, 0.2) is 24.3 Å². The van der Waals surface area contributed by atoms with Crippen LogP contribution in [0.2, 0.25) is 0 Å². The van der Waals surface area contributed by atoms with E-state index in [0.717, 1.165) is 6.42 Å². The number of carbonyl (C=O) groups is 2. The van der Waals surface area contributed by atoms with Crippen molar-refractivity contribution in [3.63, 3.8) is 0 Å². The number of rotatable bonds is 4. The Balaban J connectivity index is 2.02. The Bertz CT molecular complexity index is 486. The number of carboxylic acid groups (broad SMARTS) is 1. The lowest BCUT2D eigenvalue weighted by atomic mass is 10.1. The number of carboxylic acids is 1. The van der Waals surface area contributed by atoms with E-state index in [1.54, 1.807) is 36.3 Å². The van der Waals surface area contributed by atoms with Crippen LogP contribution >= 0.6 is 0 Å². The molecular formula is C14H17NO4. The van der Waals surface area contributed by atoms with Crippen LogP contribution in [0.4, 0.5) is 0 Å².